The number of ether oxygens (including phenoxy) is 1. The van der Waals surface area contributed by atoms with Crippen LogP contribution in [0.15, 0.2) is 46.7 Å². The van der Waals surface area contributed by atoms with Gasteiger partial charge in [0, 0.05) is 16.0 Å². The van der Waals surface area contributed by atoms with Crippen molar-refractivity contribution in [3.63, 3.8) is 0 Å². The van der Waals surface area contributed by atoms with Gasteiger partial charge in [-0.1, -0.05) is 12.2 Å². The van der Waals surface area contributed by atoms with Gasteiger partial charge in [-0.2, -0.15) is 0 Å². The fraction of sp³-hybridized carbons (Fsp3) is 0.375. The maximum Gasteiger partial charge on any atom is 0.311 e. The highest BCUT2D eigenvalue weighted by atomic mass is 32.2. The predicted octanol–water partition coefficient (Wildman–Crippen LogP) is 3.97. The molecule has 3 atom stereocenters. The van der Waals surface area contributed by atoms with Crippen molar-refractivity contribution in [1.29, 1.82) is 0 Å². The molecule has 0 radical (unpaired) electrons. The molecule has 3 unspecified atom stereocenters. The van der Waals surface area contributed by atoms with Crippen molar-refractivity contribution in [2.75, 3.05) is 17.2 Å². The molecule has 0 saturated heterocycles. The number of benzene rings is 1. The summed E-state index contributed by atoms with van der Waals surface area (Å²) < 4.78 is 4.90. The van der Waals surface area contributed by atoms with Crippen molar-refractivity contribution < 1.29 is 29.0 Å². The van der Waals surface area contributed by atoms with E-state index in [1.807, 2.05) is 6.08 Å². The zero-order valence-electron chi connectivity index (χ0n) is 19.4. The molecule has 0 spiro atoms. The molecule has 3 N–H and O–H groups in total. The number of thioether (sulfide) groups is 1. The molecule has 11 heteroatoms. The summed E-state index contributed by atoms with van der Waals surface area (Å²) in [6.45, 7) is 3.81. The van der Waals surface area contributed by atoms with Gasteiger partial charge in [-0.3, -0.25) is 19.2 Å². The number of allylic oxidation sites excluding steroid dienone is 2. The van der Waals surface area contributed by atoms with E-state index >= 15 is 0 Å². The van der Waals surface area contributed by atoms with Gasteiger partial charge in [-0.25, -0.2) is 4.98 Å². The van der Waals surface area contributed by atoms with Gasteiger partial charge in [0.2, 0.25) is 11.8 Å². The average Bonchev–Trinajstić information content (AvgIpc) is 3.26. The van der Waals surface area contributed by atoms with E-state index in [9.17, 15) is 24.3 Å². The molecule has 2 amide bonds. The standard InChI is InChI=1S/C24H27N3O6S2/c1-3-33-20(28)12-16-13-34-24(26-16)27-21(29)14(2)35-17-10-8-15(9-11-17)25-22(30)18-6-4-5-7-19(18)23(31)32/h4-5,8-11,13-14,18-19H,3,6-7,12H2,1-2H3,(H,25,30)(H,31,32)(H,26,27,29). The van der Waals surface area contributed by atoms with Crippen molar-refractivity contribution >= 4 is 57.7 Å². The van der Waals surface area contributed by atoms with Crippen LogP contribution >= 0.6 is 23.1 Å². The van der Waals surface area contributed by atoms with E-state index in [4.69, 9.17) is 4.74 Å². The third-order valence-electron chi connectivity index (χ3n) is 5.30. The Morgan fingerprint density at radius 1 is 1.14 bits per heavy atom. The van der Waals surface area contributed by atoms with Gasteiger partial charge in [0.05, 0.1) is 35.8 Å². The van der Waals surface area contributed by atoms with Crippen LogP contribution in [0, 0.1) is 11.8 Å². The zero-order chi connectivity index (χ0) is 25.4. The van der Waals surface area contributed by atoms with Crippen molar-refractivity contribution in [3.8, 4) is 0 Å². The molecule has 0 aliphatic heterocycles. The van der Waals surface area contributed by atoms with Gasteiger partial charge in [-0.05, 0) is 51.0 Å². The van der Waals surface area contributed by atoms with Crippen LogP contribution in [0.4, 0.5) is 10.8 Å². The largest absolute Gasteiger partial charge is 0.481 e. The van der Waals surface area contributed by atoms with E-state index in [0.29, 0.717) is 36.0 Å². The first-order valence-corrected chi connectivity index (χ1v) is 12.9. The van der Waals surface area contributed by atoms with Gasteiger partial charge < -0.3 is 20.5 Å². The lowest BCUT2D eigenvalue weighted by molar-refractivity contribution is -0.146. The molecule has 35 heavy (non-hydrogen) atoms. The predicted molar refractivity (Wildman–Crippen MR) is 134 cm³/mol. The van der Waals surface area contributed by atoms with Crippen molar-refractivity contribution in [2.45, 2.75) is 43.3 Å². The Hall–Kier alpha value is -3.18. The summed E-state index contributed by atoms with van der Waals surface area (Å²) in [6.07, 6.45) is 4.43. The van der Waals surface area contributed by atoms with Gasteiger partial charge >= 0.3 is 11.9 Å². The van der Waals surface area contributed by atoms with E-state index in [2.05, 4.69) is 15.6 Å². The fourth-order valence-electron chi connectivity index (χ4n) is 3.50. The number of nitrogens with one attached hydrogen (secondary N) is 2. The second kappa shape index (κ2) is 12.5. The number of rotatable bonds is 10. The lowest BCUT2D eigenvalue weighted by Gasteiger charge is -2.24. The Morgan fingerprint density at radius 2 is 1.83 bits per heavy atom. The number of thiazole rings is 1. The molecule has 1 aliphatic rings. The van der Waals surface area contributed by atoms with Gasteiger partial charge in [0.1, 0.15) is 0 Å². The quantitative estimate of drug-likeness (QED) is 0.245. The Bertz CT molecular complexity index is 1100. The fourth-order valence-corrected chi connectivity index (χ4v) is 5.08. The van der Waals surface area contributed by atoms with E-state index in [-0.39, 0.29) is 24.2 Å². The van der Waals surface area contributed by atoms with Crippen LogP contribution in [0.2, 0.25) is 0 Å². The van der Waals surface area contributed by atoms with E-state index in [1.54, 1.807) is 49.6 Å². The number of amides is 2. The summed E-state index contributed by atoms with van der Waals surface area (Å²) in [5.74, 6) is -3.22. The number of carboxylic acids is 1. The number of carbonyl (C=O) groups is 4. The number of aromatic nitrogens is 1. The normalized spacial score (nSPS) is 17.9. The first kappa shape index (κ1) is 26.4. The van der Waals surface area contributed by atoms with Crippen LogP contribution in [0.25, 0.3) is 0 Å². The summed E-state index contributed by atoms with van der Waals surface area (Å²) in [4.78, 5) is 53.2. The Balaban J connectivity index is 1.51. The van der Waals surface area contributed by atoms with E-state index in [1.165, 1.54) is 23.1 Å². The second-order valence-corrected chi connectivity index (χ2v) is 10.2. The topological polar surface area (TPSA) is 135 Å². The number of hydrogen-bond donors (Lipinski definition) is 3. The number of anilines is 2. The molecule has 9 nitrogen and oxygen atoms in total. The first-order chi connectivity index (χ1) is 16.8. The molecule has 0 saturated carbocycles. The smallest absolute Gasteiger partial charge is 0.311 e. The van der Waals surface area contributed by atoms with Crippen LogP contribution in [-0.2, 0) is 30.3 Å². The maximum absolute atomic E-state index is 12.6. The molecular formula is C24H27N3O6S2. The van der Waals surface area contributed by atoms with E-state index < -0.39 is 23.1 Å². The SMILES string of the molecule is CCOC(=O)Cc1csc(NC(=O)C(C)Sc2ccc(NC(=O)C3CC=CCC3C(=O)O)cc2)n1. The van der Waals surface area contributed by atoms with Gasteiger partial charge in [0.25, 0.3) is 0 Å². The molecule has 1 aromatic heterocycles. The summed E-state index contributed by atoms with van der Waals surface area (Å²) >= 11 is 2.59. The number of carboxylic acid groups (broad SMARTS) is 1. The molecule has 2 aromatic rings. The number of carbonyl (C=O) groups excluding carboxylic acids is 3. The second-order valence-electron chi connectivity index (χ2n) is 7.88. The average molecular weight is 518 g/mol. The molecule has 186 valence electrons. The third kappa shape index (κ3) is 7.66. The third-order valence-corrected chi connectivity index (χ3v) is 7.22. The van der Waals surface area contributed by atoms with Crippen LogP contribution in [0.5, 0.6) is 0 Å². The highest BCUT2D eigenvalue weighted by molar-refractivity contribution is 8.00. The highest BCUT2D eigenvalue weighted by Gasteiger charge is 2.33. The monoisotopic (exact) mass is 517 g/mol. The van der Waals surface area contributed by atoms with Crippen LogP contribution in [-0.4, -0.2) is 45.7 Å². The first-order valence-electron chi connectivity index (χ1n) is 11.1. The Labute approximate surface area is 211 Å². The summed E-state index contributed by atoms with van der Waals surface area (Å²) in [6, 6.07) is 7.03. The van der Waals surface area contributed by atoms with Gasteiger partial charge in [0.15, 0.2) is 5.13 Å². The number of hydrogen-bond acceptors (Lipinski definition) is 8. The molecular weight excluding hydrogens is 490 g/mol. The Kier molecular flexibility index (Phi) is 9.44. The summed E-state index contributed by atoms with van der Waals surface area (Å²) in [7, 11) is 0. The summed E-state index contributed by atoms with van der Waals surface area (Å²) in [5.41, 5.74) is 1.10. The van der Waals surface area contributed by atoms with Crippen LogP contribution in [0.3, 0.4) is 0 Å². The van der Waals surface area contributed by atoms with Crippen molar-refractivity contribution in [2.24, 2.45) is 11.8 Å². The minimum absolute atomic E-state index is 0.0574. The number of aliphatic carboxylic acids is 1. The van der Waals surface area contributed by atoms with Crippen LogP contribution in [0.1, 0.15) is 32.4 Å². The van der Waals surface area contributed by atoms with Gasteiger partial charge in [-0.15, -0.1) is 23.1 Å². The minimum atomic E-state index is -0.971. The minimum Gasteiger partial charge on any atom is -0.481 e. The number of esters is 1. The molecule has 1 heterocycles. The van der Waals surface area contributed by atoms with E-state index in [0.717, 1.165) is 4.90 Å². The summed E-state index contributed by atoms with van der Waals surface area (Å²) in [5, 5.41) is 16.6. The lowest BCUT2D eigenvalue weighted by Crippen LogP contribution is -2.34. The molecule has 1 aliphatic carbocycles. The van der Waals surface area contributed by atoms with Crippen LogP contribution < -0.4 is 10.6 Å². The molecule has 0 bridgehead atoms. The van der Waals surface area contributed by atoms with Crippen molar-refractivity contribution in [3.05, 3.63) is 47.5 Å². The maximum atomic E-state index is 12.6. The lowest BCUT2D eigenvalue weighted by atomic mass is 9.82. The zero-order valence-corrected chi connectivity index (χ0v) is 21.0. The molecule has 1 aromatic carbocycles. The molecule has 3 rings (SSSR count). The highest BCUT2D eigenvalue weighted by Crippen LogP contribution is 2.29. The Morgan fingerprint density at radius 3 is 2.49 bits per heavy atom. The number of nitrogens with zero attached hydrogens (tertiary/aromatic N) is 1. The molecule has 0 fully saturated rings. The van der Waals surface area contributed by atoms with Crippen molar-refractivity contribution in [1.82, 2.24) is 4.98 Å².